The maximum Gasteiger partial charge on any atom is 0.409 e. The lowest BCUT2D eigenvalue weighted by Gasteiger charge is -2.31. The summed E-state index contributed by atoms with van der Waals surface area (Å²) in [7, 11) is 0. The first-order chi connectivity index (χ1) is 11.6. The van der Waals surface area contributed by atoms with E-state index in [2.05, 4.69) is 11.4 Å². The summed E-state index contributed by atoms with van der Waals surface area (Å²) in [5.41, 5.74) is 1.04. The van der Waals surface area contributed by atoms with Gasteiger partial charge in [-0.15, -0.1) is 11.3 Å². The topological polar surface area (TPSA) is 58.6 Å². The fourth-order valence-electron chi connectivity index (χ4n) is 3.06. The molecule has 2 aromatic rings. The number of hydrogen-bond acceptors (Lipinski definition) is 4. The monoisotopic (exact) mass is 346 g/mol. The third-order valence-corrected chi connectivity index (χ3v) is 5.68. The van der Waals surface area contributed by atoms with Crippen molar-refractivity contribution in [3.63, 3.8) is 0 Å². The highest BCUT2D eigenvalue weighted by Crippen LogP contribution is 2.30. The van der Waals surface area contributed by atoms with E-state index in [4.69, 9.17) is 4.74 Å². The fourth-order valence-corrected chi connectivity index (χ4v) is 4.18. The van der Waals surface area contributed by atoms with Gasteiger partial charge in [0, 0.05) is 23.8 Å². The van der Waals surface area contributed by atoms with Gasteiger partial charge in [0.1, 0.15) is 0 Å². The molecule has 0 spiro atoms. The van der Waals surface area contributed by atoms with E-state index in [0.717, 1.165) is 33.4 Å². The Balaban J connectivity index is 1.61. The van der Waals surface area contributed by atoms with E-state index < -0.39 is 0 Å². The molecule has 3 rings (SSSR count). The van der Waals surface area contributed by atoms with Crippen LogP contribution in [0.25, 0.3) is 10.1 Å². The van der Waals surface area contributed by atoms with Gasteiger partial charge < -0.3 is 15.0 Å². The molecule has 2 heterocycles. The van der Waals surface area contributed by atoms with E-state index in [1.54, 1.807) is 11.8 Å². The molecule has 0 unspecified atom stereocenters. The van der Waals surface area contributed by atoms with Crippen LogP contribution < -0.4 is 5.32 Å². The van der Waals surface area contributed by atoms with Crippen LogP contribution >= 0.6 is 11.3 Å². The normalized spacial score (nSPS) is 15.5. The van der Waals surface area contributed by atoms with Crippen molar-refractivity contribution in [2.45, 2.75) is 32.7 Å². The van der Waals surface area contributed by atoms with Gasteiger partial charge in [0.15, 0.2) is 0 Å². The van der Waals surface area contributed by atoms with Crippen molar-refractivity contribution < 1.29 is 14.3 Å². The van der Waals surface area contributed by atoms with Crippen LogP contribution in [0.15, 0.2) is 24.3 Å². The van der Waals surface area contributed by atoms with E-state index in [9.17, 15) is 9.59 Å². The summed E-state index contributed by atoms with van der Waals surface area (Å²) in [5, 5.41) is 4.26. The second-order valence-corrected chi connectivity index (χ2v) is 7.04. The maximum atomic E-state index is 12.6. The van der Waals surface area contributed by atoms with Gasteiger partial charge in [0.25, 0.3) is 5.91 Å². The fraction of sp³-hybridized carbons (Fsp3) is 0.444. The maximum absolute atomic E-state index is 12.6. The lowest BCUT2D eigenvalue weighted by Crippen LogP contribution is -2.46. The van der Waals surface area contributed by atoms with Crippen molar-refractivity contribution in [1.29, 1.82) is 0 Å². The Bertz CT molecular complexity index is 748. The zero-order valence-electron chi connectivity index (χ0n) is 14.0. The van der Waals surface area contributed by atoms with E-state index in [0.29, 0.717) is 19.7 Å². The summed E-state index contributed by atoms with van der Waals surface area (Å²) in [6.07, 6.45) is 1.26. The van der Waals surface area contributed by atoms with Crippen molar-refractivity contribution >= 4 is 33.4 Å². The van der Waals surface area contributed by atoms with Gasteiger partial charge in [0.2, 0.25) is 0 Å². The first-order valence-electron chi connectivity index (χ1n) is 8.30. The molecule has 0 bridgehead atoms. The van der Waals surface area contributed by atoms with Crippen molar-refractivity contribution in [2.24, 2.45) is 0 Å². The van der Waals surface area contributed by atoms with Crippen molar-refractivity contribution in [3.8, 4) is 0 Å². The minimum absolute atomic E-state index is 0.0108. The molecule has 0 radical (unpaired) electrons. The Morgan fingerprint density at radius 2 is 2.00 bits per heavy atom. The number of carbonyl (C=O) groups excluding carboxylic acids is 2. The zero-order chi connectivity index (χ0) is 17.1. The number of ether oxygens (including phenoxy) is 1. The van der Waals surface area contributed by atoms with Gasteiger partial charge in [-0.05, 0) is 43.7 Å². The van der Waals surface area contributed by atoms with E-state index in [1.807, 2.05) is 25.1 Å². The summed E-state index contributed by atoms with van der Waals surface area (Å²) in [4.78, 5) is 26.8. The summed E-state index contributed by atoms with van der Waals surface area (Å²) < 4.78 is 6.15. The number of nitrogens with zero attached hydrogens (tertiary/aromatic N) is 1. The molecular formula is C18H22N2O3S. The molecule has 1 aromatic carbocycles. The lowest BCUT2D eigenvalue weighted by atomic mass is 10.0. The van der Waals surface area contributed by atoms with Gasteiger partial charge >= 0.3 is 6.09 Å². The molecule has 6 heteroatoms. The molecule has 1 aromatic heterocycles. The number of thiophene rings is 1. The smallest absolute Gasteiger partial charge is 0.409 e. The van der Waals surface area contributed by atoms with Gasteiger partial charge in [-0.25, -0.2) is 4.79 Å². The predicted octanol–water partition coefficient (Wildman–Crippen LogP) is 3.56. The Hall–Kier alpha value is -2.08. The molecule has 1 fully saturated rings. The molecule has 128 valence electrons. The largest absolute Gasteiger partial charge is 0.450 e. The summed E-state index contributed by atoms with van der Waals surface area (Å²) >= 11 is 1.54. The lowest BCUT2D eigenvalue weighted by molar-refractivity contribution is 0.0862. The minimum atomic E-state index is -0.261. The van der Waals surface area contributed by atoms with Crippen LogP contribution in [0.1, 0.15) is 35.0 Å². The summed E-state index contributed by atoms with van der Waals surface area (Å²) in [5.74, 6) is -0.0108. The third-order valence-electron chi connectivity index (χ3n) is 4.41. The Kier molecular flexibility index (Phi) is 5.04. The van der Waals surface area contributed by atoms with Crippen LogP contribution in [0.5, 0.6) is 0 Å². The van der Waals surface area contributed by atoms with Gasteiger partial charge in [-0.1, -0.05) is 18.2 Å². The number of likely N-dealkylation sites (tertiary alicyclic amines) is 1. The Morgan fingerprint density at radius 1 is 1.29 bits per heavy atom. The van der Waals surface area contributed by atoms with Gasteiger partial charge in [0.05, 0.1) is 11.5 Å². The number of carbonyl (C=O) groups is 2. The molecule has 2 amide bonds. The average molecular weight is 346 g/mol. The molecule has 1 aliphatic heterocycles. The van der Waals surface area contributed by atoms with E-state index in [-0.39, 0.29) is 18.0 Å². The van der Waals surface area contributed by atoms with Crippen LogP contribution in [-0.4, -0.2) is 42.6 Å². The molecule has 24 heavy (non-hydrogen) atoms. The number of benzene rings is 1. The SMILES string of the molecule is CCOC(=O)N1CCC(NC(=O)c2sc3ccccc3c2C)CC1. The minimum Gasteiger partial charge on any atom is -0.450 e. The van der Waals surface area contributed by atoms with E-state index >= 15 is 0 Å². The molecule has 1 aliphatic rings. The van der Waals surface area contributed by atoms with Crippen LogP contribution in [0.3, 0.4) is 0 Å². The molecule has 1 N–H and O–H groups in total. The van der Waals surface area contributed by atoms with E-state index in [1.165, 1.54) is 11.3 Å². The molecule has 0 atom stereocenters. The number of aryl methyl sites for hydroxylation is 1. The van der Waals surface area contributed by atoms with Crippen LogP contribution in [0.2, 0.25) is 0 Å². The van der Waals surface area contributed by atoms with Gasteiger partial charge in [-0.2, -0.15) is 0 Å². The third kappa shape index (κ3) is 3.38. The zero-order valence-corrected chi connectivity index (χ0v) is 14.8. The van der Waals surface area contributed by atoms with Crippen molar-refractivity contribution in [3.05, 3.63) is 34.7 Å². The molecule has 0 saturated carbocycles. The van der Waals surface area contributed by atoms with Crippen LogP contribution in [0, 0.1) is 6.92 Å². The van der Waals surface area contributed by atoms with Crippen LogP contribution in [0.4, 0.5) is 4.79 Å². The average Bonchev–Trinajstić information content (AvgIpc) is 2.93. The number of fused-ring (bicyclic) bond motifs is 1. The van der Waals surface area contributed by atoms with Crippen molar-refractivity contribution in [1.82, 2.24) is 10.2 Å². The highest BCUT2D eigenvalue weighted by atomic mass is 32.1. The number of nitrogens with one attached hydrogen (secondary N) is 1. The van der Waals surface area contributed by atoms with Crippen molar-refractivity contribution in [2.75, 3.05) is 19.7 Å². The van der Waals surface area contributed by atoms with Gasteiger partial charge in [-0.3, -0.25) is 4.79 Å². The number of piperidine rings is 1. The molecule has 5 nitrogen and oxygen atoms in total. The highest BCUT2D eigenvalue weighted by Gasteiger charge is 2.25. The first-order valence-corrected chi connectivity index (χ1v) is 9.12. The highest BCUT2D eigenvalue weighted by molar-refractivity contribution is 7.21. The number of hydrogen-bond donors (Lipinski definition) is 1. The second-order valence-electron chi connectivity index (χ2n) is 5.99. The molecular weight excluding hydrogens is 324 g/mol. The Labute approximate surface area is 145 Å². The van der Waals surface area contributed by atoms with Crippen LogP contribution in [-0.2, 0) is 4.74 Å². The Morgan fingerprint density at radius 3 is 2.67 bits per heavy atom. The number of amides is 2. The predicted molar refractivity (Wildman–Crippen MR) is 95.6 cm³/mol. The standard InChI is InChI=1S/C18H22N2O3S/c1-3-23-18(22)20-10-8-13(9-11-20)19-17(21)16-12(2)14-6-4-5-7-15(14)24-16/h4-7,13H,3,8-11H2,1-2H3,(H,19,21). The molecule has 0 aliphatic carbocycles. The first kappa shape index (κ1) is 16.8. The summed E-state index contributed by atoms with van der Waals surface area (Å²) in [6, 6.07) is 8.19. The summed E-state index contributed by atoms with van der Waals surface area (Å²) in [6.45, 7) is 5.43. The quantitative estimate of drug-likeness (QED) is 0.924. The second kappa shape index (κ2) is 7.21. The molecule has 1 saturated heterocycles. The number of rotatable bonds is 3.